The van der Waals surface area contributed by atoms with Crippen molar-refractivity contribution < 1.29 is 8.42 Å². The minimum atomic E-state index is -3.65. The summed E-state index contributed by atoms with van der Waals surface area (Å²) in [7, 11) is -3.65. The number of aromatic amines is 1. The third-order valence-electron chi connectivity index (χ3n) is 2.86. The lowest BCUT2D eigenvalue weighted by Gasteiger charge is -2.07. The Hall–Kier alpha value is -1.77. The van der Waals surface area contributed by atoms with Crippen molar-refractivity contribution in [2.45, 2.75) is 31.8 Å². The number of rotatable bonds is 5. The molecule has 0 aromatic carbocycles. The monoisotopic (exact) mass is 295 g/mol. The van der Waals surface area contributed by atoms with Crippen LogP contribution in [0.3, 0.4) is 0 Å². The smallest absolute Gasteiger partial charge is 0.244 e. The molecule has 0 fully saturated rings. The first-order valence-electron chi connectivity index (χ1n) is 6.09. The van der Waals surface area contributed by atoms with Crippen LogP contribution in [0, 0.1) is 13.8 Å². The van der Waals surface area contributed by atoms with Crippen LogP contribution in [0.25, 0.3) is 0 Å². The summed E-state index contributed by atoms with van der Waals surface area (Å²) in [5.74, 6) is 0. The molecular weight excluding hydrogens is 278 g/mol. The fourth-order valence-electron chi connectivity index (χ4n) is 1.82. The van der Waals surface area contributed by atoms with Gasteiger partial charge in [0.2, 0.25) is 10.0 Å². The maximum atomic E-state index is 12.3. The summed E-state index contributed by atoms with van der Waals surface area (Å²) in [6, 6.07) is 3.66. The predicted octanol–water partition coefficient (Wildman–Crippen LogP) is 0.359. The Bertz CT molecular complexity index is 691. The van der Waals surface area contributed by atoms with Crippen molar-refractivity contribution in [2.75, 3.05) is 0 Å². The normalized spacial score (nSPS) is 11.8. The van der Waals surface area contributed by atoms with E-state index in [0.29, 0.717) is 11.4 Å². The van der Waals surface area contributed by atoms with Gasteiger partial charge in [0.1, 0.15) is 4.90 Å². The van der Waals surface area contributed by atoms with E-state index < -0.39 is 10.0 Å². The van der Waals surface area contributed by atoms with Crippen LogP contribution in [0.5, 0.6) is 0 Å². The third-order valence-corrected chi connectivity index (χ3v) is 4.47. The highest BCUT2D eigenvalue weighted by Crippen LogP contribution is 2.17. The first-order valence-corrected chi connectivity index (χ1v) is 7.57. The molecule has 0 unspecified atom stereocenters. The highest BCUT2D eigenvalue weighted by atomic mass is 32.2. The van der Waals surface area contributed by atoms with E-state index in [-0.39, 0.29) is 18.0 Å². The first-order chi connectivity index (χ1) is 9.44. The molecule has 0 saturated carbocycles. The van der Waals surface area contributed by atoms with Crippen molar-refractivity contribution in [3.63, 3.8) is 0 Å². The van der Waals surface area contributed by atoms with Crippen LogP contribution < -0.4 is 10.5 Å². The summed E-state index contributed by atoms with van der Waals surface area (Å²) in [4.78, 5) is 4.25. The van der Waals surface area contributed by atoms with Crippen LogP contribution in [0.2, 0.25) is 0 Å². The molecule has 0 aliphatic carbocycles. The van der Waals surface area contributed by atoms with Crippen LogP contribution in [0.1, 0.15) is 22.6 Å². The van der Waals surface area contributed by atoms with E-state index >= 15 is 0 Å². The van der Waals surface area contributed by atoms with Crippen molar-refractivity contribution in [3.05, 3.63) is 41.0 Å². The molecule has 2 heterocycles. The fourth-order valence-corrected chi connectivity index (χ4v) is 3.21. The van der Waals surface area contributed by atoms with Gasteiger partial charge >= 0.3 is 0 Å². The maximum Gasteiger partial charge on any atom is 0.244 e. The quantitative estimate of drug-likeness (QED) is 0.737. The fraction of sp³-hybridized carbons (Fsp3) is 0.333. The van der Waals surface area contributed by atoms with Gasteiger partial charge in [0.25, 0.3) is 0 Å². The SMILES string of the molecule is Cc1ccc(CNS(=O)(=O)c2c(CN)n[nH]c2C)cn1. The third kappa shape index (κ3) is 3.03. The molecule has 108 valence electrons. The summed E-state index contributed by atoms with van der Waals surface area (Å²) >= 11 is 0. The lowest BCUT2D eigenvalue weighted by atomic mass is 10.2. The molecule has 0 radical (unpaired) electrons. The summed E-state index contributed by atoms with van der Waals surface area (Å²) in [5.41, 5.74) is 7.97. The Balaban J connectivity index is 2.19. The molecule has 2 aromatic rings. The summed E-state index contributed by atoms with van der Waals surface area (Å²) in [6.07, 6.45) is 1.64. The summed E-state index contributed by atoms with van der Waals surface area (Å²) in [6.45, 7) is 3.75. The zero-order valence-electron chi connectivity index (χ0n) is 11.3. The molecular formula is C12H17N5O2S. The molecule has 0 saturated heterocycles. The standard InChI is InChI=1S/C12H17N5O2S/c1-8-3-4-10(6-14-8)7-15-20(18,19)12-9(2)16-17-11(12)5-13/h3-4,6,15H,5,7,13H2,1-2H3,(H,16,17). The number of H-pyrrole nitrogens is 1. The number of hydrogen-bond donors (Lipinski definition) is 3. The molecule has 0 aliphatic heterocycles. The number of aromatic nitrogens is 3. The number of nitrogens with one attached hydrogen (secondary N) is 2. The number of pyridine rings is 1. The Labute approximate surface area is 117 Å². The highest BCUT2D eigenvalue weighted by Gasteiger charge is 2.23. The molecule has 2 rings (SSSR count). The first kappa shape index (κ1) is 14.6. The van der Waals surface area contributed by atoms with E-state index in [9.17, 15) is 8.42 Å². The number of nitrogens with zero attached hydrogens (tertiary/aromatic N) is 2. The zero-order chi connectivity index (χ0) is 14.8. The van der Waals surface area contributed by atoms with Crippen LogP contribution in [0.15, 0.2) is 23.2 Å². The van der Waals surface area contributed by atoms with Gasteiger partial charge in [-0.25, -0.2) is 13.1 Å². The molecule has 2 aromatic heterocycles. The minimum Gasteiger partial charge on any atom is -0.325 e. The van der Waals surface area contributed by atoms with Crippen LogP contribution in [0.4, 0.5) is 0 Å². The van der Waals surface area contributed by atoms with Gasteiger partial charge in [0, 0.05) is 25.0 Å². The Morgan fingerprint density at radius 1 is 1.35 bits per heavy atom. The second-order valence-corrected chi connectivity index (χ2v) is 6.16. The number of hydrogen-bond acceptors (Lipinski definition) is 5. The Morgan fingerprint density at radius 3 is 2.70 bits per heavy atom. The van der Waals surface area contributed by atoms with E-state index in [4.69, 9.17) is 5.73 Å². The lowest BCUT2D eigenvalue weighted by molar-refractivity contribution is 0.579. The Morgan fingerprint density at radius 2 is 2.10 bits per heavy atom. The number of nitrogens with two attached hydrogens (primary N) is 1. The number of sulfonamides is 1. The van der Waals surface area contributed by atoms with Gasteiger partial charge in [0.15, 0.2) is 0 Å². The second kappa shape index (κ2) is 5.70. The predicted molar refractivity (Wildman–Crippen MR) is 74.2 cm³/mol. The molecule has 20 heavy (non-hydrogen) atoms. The van der Waals surface area contributed by atoms with Crippen LogP contribution in [-0.4, -0.2) is 23.6 Å². The van der Waals surface area contributed by atoms with Crippen molar-refractivity contribution >= 4 is 10.0 Å². The second-order valence-electron chi connectivity index (χ2n) is 4.46. The lowest BCUT2D eigenvalue weighted by Crippen LogP contribution is -2.25. The molecule has 8 heteroatoms. The maximum absolute atomic E-state index is 12.3. The number of aryl methyl sites for hydroxylation is 2. The van der Waals surface area contributed by atoms with Gasteiger partial charge in [-0.1, -0.05) is 6.07 Å². The largest absolute Gasteiger partial charge is 0.325 e. The summed E-state index contributed by atoms with van der Waals surface area (Å²) < 4.78 is 27.1. The molecule has 7 nitrogen and oxygen atoms in total. The molecule has 4 N–H and O–H groups in total. The van der Waals surface area contributed by atoms with Gasteiger partial charge < -0.3 is 5.73 Å². The molecule has 0 atom stereocenters. The van der Waals surface area contributed by atoms with Gasteiger partial charge in [-0.3, -0.25) is 10.1 Å². The van der Waals surface area contributed by atoms with Crippen molar-refractivity contribution in [2.24, 2.45) is 5.73 Å². The highest BCUT2D eigenvalue weighted by molar-refractivity contribution is 7.89. The van der Waals surface area contributed by atoms with E-state index in [1.54, 1.807) is 13.1 Å². The average Bonchev–Trinajstić information content (AvgIpc) is 2.80. The average molecular weight is 295 g/mol. The van der Waals surface area contributed by atoms with Gasteiger partial charge in [-0.15, -0.1) is 0 Å². The van der Waals surface area contributed by atoms with Crippen molar-refractivity contribution in [3.8, 4) is 0 Å². The van der Waals surface area contributed by atoms with Crippen LogP contribution in [-0.2, 0) is 23.1 Å². The molecule has 0 spiro atoms. The zero-order valence-corrected chi connectivity index (χ0v) is 12.2. The van der Waals surface area contributed by atoms with E-state index in [2.05, 4.69) is 19.9 Å². The topological polar surface area (TPSA) is 114 Å². The van der Waals surface area contributed by atoms with Gasteiger partial charge in [-0.2, -0.15) is 5.10 Å². The van der Waals surface area contributed by atoms with Crippen molar-refractivity contribution in [1.82, 2.24) is 19.9 Å². The van der Waals surface area contributed by atoms with Crippen molar-refractivity contribution in [1.29, 1.82) is 0 Å². The van der Waals surface area contributed by atoms with E-state index in [0.717, 1.165) is 11.3 Å². The van der Waals surface area contributed by atoms with Crippen LogP contribution >= 0.6 is 0 Å². The Kier molecular flexibility index (Phi) is 4.17. The summed E-state index contributed by atoms with van der Waals surface area (Å²) in [5, 5.41) is 6.52. The van der Waals surface area contributed by atoms with E-state index in [1.165, 1.54) is 0 Å². The van der Waals surface area contributed by atoms with E-state index in [1.807, 2.05) is 19.1 Å². The van der Waals surface area contributed by atoms with Gasteiger partial charge in [-0.05, 0) is 25.5 Å². The minimum absolute atomic E-state index is 0.0622. The molecule has 0 bridgehead atoms. The molecule has 0 amide bonds. The van der Waals surface area contributed by atoms with Gasteiger partial charge in [0.05, 0.1) is 11.4 Å². The molecule has 0 aliphatic rings.